The van der Waals surface area contributed by atoms with E-state index in [1.165, 1.54) is 0 Å². The van der Waals surface area contributed by atoms with E-state index in [9.17, 15) is 0 Å². The molecule has 1 aliphatic heterocycles. The van der Waals surface area contributed by atoms with Crippen molar-refractivity contribution in [3.8, 4) is 5.88 Å². The van der Waals surface area contributed by atoms with Gasteiger partial charge in [0, 0.05) is 6.07 Å². The highest BCUT2D eigenvalue weighted by molar-refractivity contribution is 6.01. The Morgan fingerprint density at radius 2 is 1.92 bits per heavy atom. The maximum atomic E-state index is 5.87. The van der Waals surface area contributed by atoms with Crippen molar-refractivity contribution in [2.24, 2.45) is 10.4 Å². The number of ether oxygens (including phenoxy) is 2. The molecule has 3 rings (SSSR count). The number of hydrogen-bond acceptors (Lipinski definition) is 5. The number of nitrogens with one attached hydrogen (secondary N) is 1. The maximum Gasteiger partial charge on any atom is 0.218 e. The third-order valence-electron chi connectivity index (χ3n) is 4.00. The number of benzene rings is 1. The third kappa shape index (κ3) is 3.50. The van der Waals surface area contributed by atoms with Crippen molar-refractivity contribution in [1.29, 1.82) is 0 Å². The lowest BCUT2D eigenvalue weighted by Gasteiger charge is -2.21. The quantitative estimate of drug-likeness (QED) is 0.922. The van der Waals surface area contributed by atoms with E-state index in [4.69, 9.17) is 14.5 Å². The van der Waals surface area contributed by atoms with Gasteiger partial charge in [0.2, 0.25) is 11.8 Å². The van der Waals surface area contributed by atoms with Crippen molar-refractivity contribution >= 4 is 17.4 Å². The zero-order valence-corrected chi connectivity index (χ0v) is 14.5. The lowest BCUT2D eigenvalue weighted by atomic mass is 9.88. The second-order valence-electron chi connectivity index (χ2n) is 6.86. The second kappa shape index (κ2) is 6.51. The number of hydrogen-bond donors (Lipinski definition) is 1. The molecule has 1 aromatic heterocycles. The van der Waals surface area contributed by atoms with Crippen molar-refractivity contribution < 1.29 is 9.47 Å². The zero-order chi connectivity index (χ0) is 17.2. The van der Waals surface area contributed by atoms with Gasteiger partial charge < -0.3 is 14.8 Å². The molecule has 2 aromatic rings. The van der Waals surface area contributed by atoms with Gasteiger partial charge in [-0.25, -0.2) is 4.99 Å². The van der Waals surface area contributed by atoms with Crippen molar-refractivity contribution in [3.63, 3.8) is 0 Å². The number of nitrogens with zero attached hydrogens (tertiary/aromatic N) is 2. The van der Waals surface area contributed by atoms with Crippen molar-refractivity contribution in [1.82, 2.24) is 4.98 Å². The summed E-state index contributed by atoms with van der Waals surface area (Å²) in [7, 11) is 1.60. The molecule has 0 aliphatic carbocycles. The van der Waals surface area contributed by atoms with Crippen LogP contribution in [0.1, 0.15) is 26.3 Å². The Morgan fingerprint density at radius 3 is 2.62 bits per heavy atom. The minimum Gasteiger partial charge on any atom is -0.481 e. The Bertz CT molecular complexity index is 750. The first-order valence-electron chi connectivity index (χ1n) is 8.05. The molecular weight excluding hydrogens is 302 g/mol. The Balaban J connectivity index is 1.89. The van der Waals surface area contributed by atoms with Crippen LogP contribution in [0.4, 0.5) is 11.5 Å². The first kappa shape index (κ1) is 16.3. The molecule has 0 fully saturated rings. The van der Waals surface area contributed by atoms with Crippen molar-refractivity contribution in [3.05, 3.63) is 48.0 Å². The second-order valence-corrected chi connectivity index (χ2v) is 6.86. The van der Waals surface area contributed by atoms with Gasteiger partial charge in [0.15, 0.2) is 0 Å². The highest BCUT2D eigenvalue weighted by Crippen LogP contribution is 2.30. The van der Waals surface area contributed by atoms with Gasteiger partial charge >= 0.3 is 0 Å². The summed E-state index contributed by atoms with van der Waals surface area (Å²) in [6.45, 7) is 7.15. The van der Waals surface area contributed by atoms with E-state index in [1.54, 1.807) is 7.11 Å². The predicted octanol–water partition coefficient (Wildman–Crippen LogP) is 4.03. The predicted molar refractivity (Wildman–Crippen MR) is 96.2 cm³/mol. The normalized spacial score (nSPS) is 17.2. The monoisotopic (exact) mass is 325 g/mol. The molecule has 0 saturated heterocycles. The molecule has 1 aromatic carbocycles. The molecular formula is C19H23N3O2. The number of aliphatic imine (C=N–C) groups is 1. The highest BCUT2D eigenvalue weighted by atomic mass is 16.5. The average molecular weight is 325 g/mol. The SMILES string of the molecule is COc1cccc(Nc2ccccc2C2=N[C@@H](C(C)(C)C)CO2)n1. The summed E-state index contributed by atoms with van der Waals surface area (Å²) in [6, 6.07) is 13.7. The smallest absolute Gasteiger partial charge is 0.218 e. The summed E-state index contributed by atoms with van der Waals surface area (Å²) in [5, 5.41) is 3.33. The van der Waals surface area contributed by atoms with Crippen LogP contribution in [0.2, 0.25) is 0 Å². The molecule has 1 aliphatic rings. The number of rotatable bonds is 4. The van der Waals surface area contributed by atoms with E-state index in [-0.39, 0.29) is 11.5 Å². The number of methoxy groups -OCH3 is 1. The summed E-state index contributed by atoms with van der Waals surface area (Å²) >= 11 is 0. The van der Waals surface area contributed by atoms with Gasteiger partial charge in [-0.2, -0.15) is 4.98 Å². The van der Waals surface area contributed by atoms with Crippen LogP contribution in [-0.4, -0.2) is 30.6 Å². The highest BCUT2D eigenvalue weighted by Gasteiger charge is 2.31. The summed E-state index contributed by atoms with van der Waals surface area (Å²) in [4.78, 5) is 9.17. The van der Waals surface area contributed by atoms with E-state index in [0.717, 1.165) is 11.3 Å². The minimum absolute atomic E-state index is 0.0818. The van der Waals surface area contributed by atoms with E-state index in [0.29, 0.717) is 24.2 Å². The maximum absolute atomic E-state index is 5.87. The Labute approximate surface area is 142 Å². The van der Waals surface area contributed by atoms with Crippen LogP contribution in [0.5, 0.6) is 5.88 Å². The topological polar surface area (TPSA) is 55.7 Å². The van der Waals surface area contributed by atoms with Gasteiger partial charge in [-0.3, -0.25) is 0 Å². The molecule has 1 atom stereocenters. The van der Waals surface area contributed by atoms with E-state index in [1.807, 2.05) is 42.5 Å². The van der Waals surface area contributed by atoms with Gasteiger partial charge in [0.25, 0.3) is 0 Å². The van der Waals surface area contributed by atoms with E-state index >= 15 is 0 Å². The Hall–Kier alpha value is -2.56. The fourth-order valence-electron chi connectivity index (χ4n) is 2.48. The molecule has 0 saturated carbocycles. The molecule has 5 heteroatoms. The number of anilines is 2. The van der Waals surface area contributed by atoms with Crippen LogP contribution in [0.3, 0.4) is 0 Å². The fraction of sp³-hybridized carbons (Fsp3) is 0.368. The fourth-order valence-corrected chi connectivity index (χ4v) is 2.48. The molecule has 1 N–H and O–H groups in total. The molecule has 5 nitrogen and oxygen atoms in total. The minimum atomic E-state index is 0.0818. The summed E-state index contributed by atoms with van der Waals surface area (Å²) in [5.41, 5.74) is 1.93. The molecule has 126 valence electrons. The van der Waals surface area contributed by atoms with E-state index in [2.05, 4.69) is 31.1 Å². The van der Waals surface area contributed by atoms with Gasteiger partial charge in [0.05, 0.1) is 24.4 Å². The lowest BCUT2D eigenvalue weighted by Crippen LogP contribution is -2.25. The van der Waals surface area contributed by atoms with Gasteiger partial charge in [-0.05, 0) is 23.6 Å². The van der Waals surface area contributed by atoms with Crippen LogP contribution < -0.4 is 10.1 Å². The van der Waals surface area contributed by atoms with Crippen LogP contribution in [0.15, 0.2) is 47.5 Å². The van der Waals surface area contributed by atoms with Crippen LogP contribution in [0.25, 0.3) is 0 Å². The lowest BCUT2D eigenvalue weighted by molar-refractivity contribution is 0.236. The molecule has 0 unspecified atom stereocenters. The average Bonchev–Trinajstić information content (AvgIpc) is 3.06. The summed E-state index contributed by atoms with van der Waals surface area (Å²) in [6.07, 6.45) is 0. The molecule has 0 radical (unpaired) electrons. The third-order valence-corrected chi connectivity index (χ3v) is 4.00. The van der Waals surface area contributed by atoms with Crippen molar-refractivity contribution in [2.75, 3.05) is 19.0 Å². The van der Waals surface area contributed by atoms with Crippen LogP contribution in [0, 0.1) is 5.41 Å². The van der Waals surface area contributed by atoms with Gasteiger partial charge in [0.1, 0.15) is 12.4 Å². The number of pyridine rings is 1. The largest absolute Gasteiger partial charge is 0.481 e. The standard InChI is InChI=1S/C19H23N3O2/c1-19(2,3)15-12-24-18(21-15)13-8-5-6-9-14(13)20-16-10-7-11-17(22-16)23-4/h5-11,15H,12H2,1-4H3,(H,20,22)/t15-/m1/s1. The molecule has 2 heterocycles. The summed E-state index contributed by atoms with van der Waals surface area (Å²) in [5.74, 6) is 1.97. The molecule has 24 heavy (non-hydrogen) atoms. The first-order chi connectivity index (χ1) is 11.5. The molecule has 0 bridgehead atoms. The van der Waals surface area contributed by atoms with Crippen LogP contribution >= 0.6 is 0 Å². The zero-order valence-electron chi connectivity index (χ0n) is 14.5. The molecule has 0 amide bonds. The first-order valence-corrected chi connectivity index (χ1v) is 8.05. The summed E-state index contributed by atoms with van der Waals surface area (Å²) < 4.78 is 11.0. The van der Waals surface area contributed by atoms with Crippen molar-refractivity contribution in [2.45, 2.75) is 26.8 Å². The Kier molecular flexibility index (Phi) is 4.42. The van der Waals surface area contributed by atoms with Gasteiger partial charge in [-0.1, -0.05) is 39.0 Å². The van der Waals surface area contributed by atoms with Gasteiger partial charge in [-0.15, -0.1) is 0 Å². The Morgan fingerprint density at radius 1 is 1.12 bits per heavy atom. The van der Waals surface area contributed by atoms with E-state index < -0.39 is 0 Å². The van der Waals surface area contributed by atoms with Crippen LogP contribution in [-0.2, 0) is 4.74 Å². The number of aromatic nitrogens is 1. The molecule has 0 spiro atoms. The number of para-hydroxylation sites is 1.